The van der Waals surface area contributed by atoms with E-state index >= 15 is 0 Å². The average Bonchev–Trinajstić information content (AvgIpc) is 2.82. The molecule has 0 aliphatic rings. The summed E-state index contributed by atoms with van der Waals surface area (Å²) < 4.78 is 56.3. The van der Waals surface area contributed by atoms with Gasteiger partial charge in [0.05, 0.1) is 5.56 Å². The molecule has 4 aromatic rings. The number of fused-ring (bicyclic) bond motifs is 1. The summed E-state index contributed by atoms with van der Waals surface area (Å²) in [7, 11) is 0. The maximum Gasteiger partial charge on any atom is 0.159 e. The zero-order valence-electron chi connectivity index (χ0n) is 18.9. The quantitative estimate of drug-likeness (QED) is 0.154. The Morgan fingerprint density at radius 1 is 0.618 bits per heavy atom. The maximum absolute atomic E-state index is 14.7. The lowest BCUT2D eigenvalue weighted by atomic mass is 9.99. The van der Waals surface area contributed by atoms with Crippen LogP contribution in [0.25, 0.3) is 21.9 Å². The summed E-state index contributed by atoms with van der Waals surface area (Å²) in [5, 5.41) is 1.06. The predicted octanol–water partition coefficient (Wildman–Crippen LogP) is 8.59. The lowest BCUT2D eigenvalue weighted by Gasteiger charge is -2.08. The van der Waals surface area contributed by atoms with Crippen LogP contribution in [-0.2, 0) is 6.42 Å². The summed E-state index contributed by atoms with van der Waals surface area (Å²) in [5.74, 6) is 2.86. The molecule has 0 aliphatic heterocycles. The Morgan fingerprint density at radius 3 is 2.15 bits per heavy atom. The highest BCUT2D eigenvalue weighted by Crippen LogP contribution is 2.26. The van der Waals surface area contributed by atoms with Crippen molar-refractivity contribution in [3.63, 3.8) is 0 Å². The van der Waals surface area contributed by atoms with E-state index in [1.165, 1.54) is 24.6 Å². The lowest BCUT2D eigenvalue weighted by Crippen LogP contribution is -1.92. The van der Waals surface area contributed by atoms with Crippen molar-refractivity contribution in [1.29, 1.82) is 0 Å². The molecule has 0 heterocycles. The second-order valence-electron chi connectivity index (χ2n) is 8.40. The molecule has 0 bridgehead atoms. The van der Waals surface area contributed by atoms with Crippen LogP contribution in [0.3, 0.4) is 0 Å². The maximum atomic E-state index is 14.7. The average molecular weight is 461 g/mol. The van der Waals surface area contributed by atoms with Gasteiger partial charge in [0.2, 0.25) is 0 Å². The van der Waals surface area contributed by atoms with Gasteiger partial charge in [0.1, 0.15) is 11.6 Å². The van der Waals surface area contributed by atoms with Crippen LogP contribution in [-0.4, -0.2) is 0 Å². The van der Waals surface area contributed by atoms with Crippen LogP contribution in [0.4, 0.5) is 17.6 Å². The summed E-state index contributed by atoms with van der Waals surface area (Å²) in [6, 6.07) is 16.7. The van der Waals surface area contributed by atoms with Gasteiger partial charge in [-0.1, -0.05) is 62.3 Å². The van der Waals surface area contributed by atoms with Crippen LogP contribution < -0.4 is 0 Å². The Kier molecular flexibility index (Phi) is 7.33. The van der Waals surface area contributed by atoms with E-state index in [1.54, 1.807) is 30.3 Å². The van der Waals surface area contributed by atoms with E-state index in [-0.39, 0.29) is 11.4 Å². The second-order valence-corrected chi connectivity index (χ2v) is 8.40. The van der Waals surface area contributed by atoms with Gasteiger partial charge in [0.15, 0.2) is 11.6 Å². The molecule has 0 amide bonds. The van der Waals surface area contributed by atoms with Crippen LogP contribution in [0.15, 0.2) is 66.7 Å². The number of aryl methyl sites for hydroxylation is 1. The van der Waals surface area contributed by atoms with Crippen molar-refractivity contribution in [1.82, 2.24) is 0 Å². The van der Waals surface area contributed by atoms with E-state index in [2.05, 4.69) is 18.8 Å². The monoisotopic (exact) mass is 460 g/mol. The SMILES string of the molecule is CCCCCCc1ccc(-c2ccc(C#Cc3ccc4cc(F)c(F)cc4c3)c(F)c2)c(F)c1. The summed E-state index contributed by atoms with van der Waals surface area (Å²) in [5.41, 5.74) is 2.45. The number of benzene rings is 4. The van der Waals surface area contributed by atoms with Gasteiger partial charge in [-0.05, 0) is 77.2 Å². The van der Waals surface area contributed by atoms with Crippen LogP contribution in [0.5, 0.6) is 0 Å². The van der Waals surface area contributed by atoms with E-state index in [9.17, 15) is 17.6 Å². The summed E-state index contributed by atoms with van der Waals surface area (Å²) in [6.07, 6.45) is 5.31. The molecule has 0 spiro atoms. The van der Waals surface area contributed by atoms with Crippen molar-refractivity contribution >= 4 is 10.8 Å². The highest BCUT2D eigenvalue weighted by molar-refractivity contribution is 5.84. The van der Waals surface area contributed by atoms with Gasteiger partial charge in [-0.2, -0.15) is 0 Å². The Balaban J connectivity index is 1.53. The van der Waals surface area contributed by atoms with Crippen molar-refractivity contribution in [2.45, 2.75) is 39.0 Å². The molecular weight excluding hydrogens is 436 g/mol. The standard InChI is InChI=1S/C30H24F4/c1-2-3-4-5-6-20-9-14-26(28(32)16-20)24-13-12-22(27(31)18-24)10-7-21-8-11-23-17-29(33)30(34)19-25(23)15-21/h8-9,11-19H,2-6H2,1H3. The minimum Gasteiger partial charge on any atom is -0.206 e. The third kappa shape index (κ3) is 5.48. The van der Waals surface area contributed by atoms with Gasteiger partial charge in [-0.15, -0.1) is 0 Å². The Morgan fingerprint density at radius 2 is 1.41 bits per heavy atom. The Hall–Kier alpha value is -3.58. The summed E-state index contributed by atoms with van der Waals surface area (Å²) >= 11 is 0. The van der Waals surface area contributed by atoms with Gasteiger partial charge in [0, 0.05) is 11.1 Å². The summed E-state index contributed by atoms with van der Waals surface area (Å²) in [6.45, 7) is 2.15. The molecule has 4 aromatic carbocycles. The normalized spacial score (nSPS) is 10.9. The minimum atomic E-state index is -0.934. The van der Waals surface area contributed by atoms with Gasteiger partial charge in [-0.25, -0.2) is 17.6 Å². The van der Waals surface area contributed by atoms with E-state index in [1.807, 2.05) is 6.07 Å². The molecule has 0 radical (unpaired) electrons. The smallest absolute Gasteiger partial charge is 0.159 e. The van der Waals surface area contributed by atoms with Crippen LogP contribution >= 0.6 is 0 Å². The van der Waals surface area contributed by atoms with Crippen LogP contribution in [0.2, 0.25) is 0 Å². The third-order valence-electron chi connectivity index (χ3n) is 5.85. The molecule has 0 nitrogen and oxygen atoms in total. The zero-order valence-corrected chi connectivity index (χ0v) is 18.9. The fourth-order valence-electron chi connectivity index (χ4n) is 3.95. The number of hydrogen-bond donors (Lipinski definition) is 0. The van der Waals surface area contributed by atoms with Gasteiger partial charge in [-0.3, -0.25) is 0 Å². The molecule has 4 rings (SSSR count). The molecule has 0 unspecified atom stereocenters. The molecule has 172 valence electrons. The number of halogens is 4. The van der Waals surface area contributed by atoms with E-state index in [0.717, 1.165) is 43.4 Å². The van der Waals surface area contributed by atoms with E-state index in [0.29, 0.717) is 27.5 Å². The largest absolute Gasteiger partial charge is 0.206 e. The molecule has 0 fully saturated rings. The fraction of sp³-hybridized carbons (Fsp3) is 0.200. The number of rotatable bonds is 6. The molecule has 34 heavy (non-hydrogen) atoms. The van der Waals surface area contributed by atoms with Crippen molar-refractivity contribution < 1.29 is 17.6 Å². The van der Waals surface area contributed by atoms with Crippen LogP contribution in [0.1, 0.15) is 49.3 Å². The minimum absolute atomic E-state index is 0.169. The molecule has 0 atom stereocenters. The first kappa shape index (κ1) is 23.6. The predicted molar refractivity (Wildman–Crippen MR) is 129 cm³/mol. The first-order chi connectivity index (χ1) is 16.4. The van der Waals surface area contributed by atoms with E-state index < -0.39 is 17.5 Å². The van der Waals surface area contributed by atoms with Crippen molar-refractivity contribution in [3.8, 4) is 23.0 Å². The molecule has 0 N–H and O–H groups in total. The Bertz CT molecular complexity index is 1390. The second kappa shape index (κ2) is 10.6. The van der Waals surface area contributed by atoms with Crippen molar-refractivity contribution in [3.05, 3.63) is 107 Å². The molecular formula is C30H24F4. The first-order valence-electron chi connectivity index (χ1n) is 11.4. The number of hydrogen-bond acceptors (Lipinski definition) is 0. The highest BCUT2D eigenvalue weighted by atomic mass is 19.2. The fourth-order valence-corrected chi connectivity index (χ4v) is 3.95. The molecule has 0 aromatic heterocycles. The van der Waals surface area contributed by atoms with Gasteiger partial charge >= 0.3 is 0 Å². The molecule has 4 heteroatoms. The Labute approximate surface area is 197 Å². The zero-order chi connectivity index (χ0) is 24.1. The summed E-state index contributed by atoms with van der Waals surface area (Å²) in [4.78, 5) is 0. The van der Waals surface area contributed by atoms with E-state index in [4.69, 9.17) is 0 Å². The van der Waals surface area contributed by atoms with Crippen molar-refractivity contribution in [2.75, 3.05) is 0 Å². The topological polar surface area (TPSA) is 0 Å². The molecule has 0 saturated carbocycles. The van der Waals surface area contributed by atoms with Crippen LogP contribution in [0, 0.1) is 35.1 Å². The first-order valence-corrected chi connectivity index (χ1v) is 11.4. The van der Waals surface area contributed by atoms with Gasteiger partial charge in [0.25, 0.3) is 0 Å². The van der Waals surface area contributed by atoms with Crippen molar-refractivity contribution in [2.24, 2.45) is 0 Å². The number of unbranched alkanes of at least 4 members (excludes halogenated alkanes) is 3. The lowest BCUT2D eigenvalue weighted by molar-refractivity contribution is 0.511. The molecule has 0 saturated heterocycles. The highest BCUT2D eigenvalue weighted by Gasteiger charge is 2.10. The molecule has 0 aliphatic carbocycles. The third-order valence-corrected chi connectivity index (χ3v) is 5.85. The van der Waals surface area contributed by atoms with Gasteiger partial charge < -0.3 is 0 Å².